The molecule has 0 saturated heterocycles. The van der Waals surface area contributed by atoms with E-state index in [0.717, 1.165) is 23.3 Å². The Bertz CT molecular complexity index is 439. The summed E-state index contributed by atoms with van der Waals surface area (Å²) >= 11 is 0. The van der Waals surface area contributed by atoms with Gasteiger partial charge in [0.25, 0.3) is 0 Å². The second kappa shape index (κ2) is 4.06. The Morgan fingerprint density at radius 1 is 1.41 bits per heavy atom. The van der Waals surface area contributed by atoms with Crippen molar-refractivity contribution in [2.45, 2.75) is 18.9 Å². The smallest absolute Gasteiger partial charge is 0.151 e. The molecule has 3 rings (SSSR count). The Labute approximate surface area is 103 Å². The molecular formula is C14H19N3. The van der Waals surface area contributed by atoms with E-state index in [9.17, 15) is 0 Å². The molecule has 0 bridgehead atoms. The molecule has 1 aromatic rings. The predicted octanol–water partition coefficient (Wildman–Crippen LogP) is 2.52. The summed E-state index contributed by atoms with van der Waals surface area (Å²) in [7, 11) is 4.07. The van der Waals surface area contributed by atoms with Crippen molar-refractivity contribution < 1.29 is 0 Å². The maximum absolute atomic E-state index is 4.42. The van der Waals surface area contributed by atoms with E-state index < -0.39 is 0 Å². The molecule has 17 heavy (non-hydrogen) atoms. The second-order valence-corrected chi connectivity index (χ2v) is 5.26. The Morgan fingerprint density at radius 2 is 2.29 bits per heavy atom. The molecule has 0 amide bonds. The quantitative estimate of drug-likeness (QED) is 0.807. The second-order valence-electron chi connectivity index (χ2n) is 5.26. The van der Waals surface area contributed by atoms with Crippen molar-refractivity contribution >= 4 is 11.5 Å². The van der Waals surface area contributed by atoms with Crippen LogP contribution in [0.5, 0.6) is 0 Å². The van der Waals surface area contributed by atoms with Crippen LogP contribution in [-0.2, 0) is 0 Å². The number of hydrogen-bond acceptors (Lipinski definition) is 3. The van der Waals surface area contributed by atoms with Gasteiger partial charge in [0.15, 0.2) is 5.82 Å². The zero-order chi connectivity index (χ0) is 11.8. The predicted molar refractivity (Wildman–Crippen MR) is 71.3 cm³/mol. The number of nitrogens with one attached hydrogen (secondary N) is 1. The lowest BCUT2D eigenvalue weighted by atomic mass is 9.71. The molecule has 1 heterocycles. The number of aromatic nitrogens is 1. The van der Waals surface area contributed by atoms with Gasteiger partial charge >= 0.3 is 0 Å². The third kappa shape index (κ3) is 1.79. The molecule has 0 aromatic carbocycles. The molecule has 0 aliphatic heterocycles. The first kappa shape index (κ1) is 10.6. The van der Waals surface area contributed by atoms with Crippen molar-refractivity contribution in [2.75, 3.05) is 24.3 Å². The number of rotatable bonds is 3. The number of hydrogen-bond donors (Lipinski definition) is 1. The molecule has 2 aliphatic rings. The first-order valence-electron chi connectivity index (χ1n) is 6.31. The van der Waals surface area contributed by atoms with Gasteiger partial charge in [0.2, 0.25) is 0 Å². The van der Waals surface area contributed by atoms with Gasteiger partial charge in [0, 0.05) is 32.3 Å². The SMILES string of the molecule is CN(C)c1ncccc1NC1CC2CC=CC21. The van der Waals surface area contributed by atoms with Crippen molar-refractivity contribution in [3.05, 3.63) is 30.5 Å². The van der Waals surface area contributed by atoms with Crippen LogP contribution in [0.15, 0.2) is 30.5 Å². The number of nitrogens with zero attached hydrogens (tertiary/aromatic N) is 2. The molecule has 3 heteroatoms. The van der Waals surface area contributed by atoms with Gasteiger partial charge in [-0.3, -0.25) is 0 Å². The Hall–Kier alpha value is -1.51. The van der Waals surface area contributed by atoms with Gasteiger partial charge in [-0.25, -0.2) is 4.98 Å². The summed E-state index contributed by atoms with van der Waals surface area (Å²) in [5.74, 6) is 2.66. The monoisotopic (exact) mass is 229 g/mol. The zero-order valence-electron chi connectivity index (χ0n) is 10.4. The fourth-order valence-corrected chi connectivity index (χ4v) is 2.95. The number of pyridine rings is 1. The largest absolute Gasteiger partial charge is 0.379 e. The molecule has 3 nitrogen and oxygen atoms in total. The molecule has 1 N–H and O–H groups in total. The van der Waals surface area contributed by atoms with Crippen LogP contribution < -0.4 is 10.2 Å². The van der Waals surface area contributed by atoms with Crippen LogP contribution in [0.1, 0.15) is 12.8 Å². The lowest BCUT2D eigenvalue weighted by Gasteiger charge is -2.41. The Kier molecular flexibility index (Phi) is 2.54. The summed E-state index contributed by atoms with van der Waals surface area (Å²) in [6.45, 7) is 0. The van der Waals surface area contributed by atoms with Gasteiger partial charge in [-0.15, -0.1) is 0 Å². The molecule has 1 fully saturated rings. The maximum atomic E-state index is 4.42. The Balaban J connectivity index is 1.75. The molecule has 2 aliphatic carbocycles. The highest BCUT2D eigenvalue weighted by Crippen LogP contribution is 2.44. The fourth-order valence-electron chi connectivity index (χ4n) is 2.95. The van der Waals surface area contributed by atoms with Gasteiger partial charge in [-0.2, -0.15) is 0 Å². The summed E-state index contributed by atoms with van der Waals surface area (Å²) < 4.78 is 0. The molecule has 0 spiro atoms. The summed E-state index contributed by atoms with van der Waals surface area (Å²) in [4.78, 5) is 6.48. The van der Waals surface area contributed by atoms with Crippen molar-refractivity contribution in [1.82, 2.24) is 4.98 Å². The minimum absolute atomic E-state index is 0.599. The molecule has 3 unspecified atom stereocenters. The van der Waals surface area contributed by atoms with E-state index in [0.29, 0.717) is 6.04 Å². The van der Waals surface area contributed by atoms with Gasteiger partial charge < -0.3 is 10.2 Å². The third-order valence-electron chi connectivity index (χ3n) is 3.91. The average Bonchev–Trinajstić information content (AvgIpc) is 2.68. The molecule has 3 atom stereocenters. The lowest BCUT2D eigenvalue weighted by Crippen LogP contribution is -2.43. The van der Waals surface area contributed by atoms with Gasteiger partial charge in [-0.1, -0.05) is 12.2 Å². The van der Waals surface area contributed by atoms with Gasteiger partial charge in [0.05, 0.1) is 5.69 Å². The number of anilines is 2. The summed E-state index contributed by atoms with van der Waals surface area (Å²) in [5, 5.41) is 3.64. The van der Waals surface area contributed by atoms with Crippen LogP contribution in [0.4, 0.5) is 11.5 Å². The van der Waals surface area contributed by atoms with Gasteiger partial charge in [-0.05, 0) is 30.9 Å². The van der Waals surface area contributed by atoms with Crippen LogP contribution in [0.25, 0.3) is 0 Å². The highest BCUT2D eigenvalue weighted by atomic mass is 15.2. The third-order valence-corrected chi connectivity index (χ3v) is 3.91. The standard InChI is InChI=1S/C14H19N3/c1-17(2)14-12(7-4-8-15-14)16-13-9-10-5-3-6-11(10)13/h3-4,6-8,10-11,13,16H,5,9H2,1-2H3. The summed E-state index contributed by atoms with van der Waals surface area (Å²) in [6.07, 6.45) is 9.11. The average molecular weight is 229 g/mol. The number of allylic oxidation sites excluding steroid dienone is 1. The lowest BCUT2D eigenvalue weighted by molar-refractivity contribution is 0.218. The highest BCUT2D eigenvalue weighted by Gasteiger charge is 2.41. The molecule has 90 valence electrons. The minimum atomic E-state index is 0.599. The van der Waals surface area contributed by atoms with Crippen molar-refractivity contribution in [3.63, 3.8) is 0 Å². The van der Waals surface area contributed by atoms with E-state index >= 15 is 0 Å². The number of fused-ring (bicyclic) bond motifs is 1. The van der Waals surface area contributed by atoms with Crippen LogP contribution in [-0.4, -0.2) is 25.1 Å². The molecule has 0 radical (unpaired) electrons. The first-order chi connectivity index (χ1) is 8.25. The van der Waals surface area contributed by atoms with E-state index in [1.54, 1.807) is 0 Å². The molecule has 1 saturated carbocycles. The topological polar surface area (TPSA) is 28.2 Å². The maximum Gasteiger partial charge on any atom is 0.151 e. The van der Waals surface area contributed by atoms with Crippen molar-refractivity contribution in [3.8, 4) is 0 Å². The van der Waals surface area contributed by atoms with Crippen LogP contribution in [0.2, 0.25) is 0 Å². The first-order valence-corrected chi connectivity index (χ1v) is 6.31. The highest BCUT2D eigenvalue weighted by molar-refractivity contribution is 5.65. The van der Waals surface area contributed by atoms with Crippen molar-refractivity contribution in [2.24, 2.45) is 11.8 Å². The summed E-state index contributed by atoms with van der Waals surface area (Å²) in [5.41, 5.74) is 1.15. The Morgan fingerprint density at radius 3 is 3.06 bits per heavy atom. The van der Waals surface area contributed by atoms with E-state index in [1.165, 1.54) is 12.8 Å². The van der Waals surface area contributed by atoms with Crippen LogP contribution in [0.3, 0.4) is 0 Å². The normalized spacial score (nSPS) is 29.6. The van der Waals surface area contributed by atoms with Crippen LogP contribution >= 0.6 is 0 Å². The van der Waals surface area contributed by atoms with Gasteiger partial charge in [0.1, 0.15) is 0 Å². The van der Waals surface area contributed by atoms with E-state index in [-0.39, 0.29) is 0 Å². The van der Waals surface area contributed by atoms with E-state index in [2.05, 4.69) is 33.4 Å². The molecule has 1 aromatic heterocycles. The molecular weight excluding hydrogens is 210 g/mol. The summed E-state index contributed by atoms with van der Waals surface area (Å²) in [6, 6.07) is 4.71. The fraction of sp³-hybridized carbons (Fsp3) is 0.500. The van der Waals surface area contributed by atoms with E-state index in [4.69, 9.17) is 0 Å². The zero-order valence-corrected chi connectivity index (χ0v) is 10.4. The van der Waals surface area contributed by atoms with Crippen LogP contribution in [0, 0.1) is 11.8 Å². The van der Waals surface area contributed by atoms with E-state index in [1.807, 2.05) is 26.4 Å². The van der Waals surface area contributed by atoms with Crippen molar-refractivity contribution in [1.29, 1.82) is 0 Å². The minimum Gasteiger partial charge on any atom is -0.379 e.